The maximum Gasteiger partial charge on any atom is 0.101 e. The third kappa shape index (κ3) is 5.15. The highest BCUT2D eigenvalue weighted by Gasteiger charge is 2.16. The molecule has 0 atom stereocenters. The summed E-state index contributed by atoms with van der Waals surface area (Å²) in [6, 6.07) is 19.0. The molecule has 0 bridgehead atoms. The number of likely N-dealkylation sites (N-methyl/N-ethyl adjacent to an activating group) is 1. The second kappa shape index (κ2) is 8.79. The van der Waals surface area contributed by atoms with E-state index in [4.69, 9.17) is 0 Å². The lowest BCUT2D eigenvalue weighted by Crippen LogP contribution is -2.46. The van der Waals surface area contributed by atoms with Gasteiger partial charge in [-0.1, -0.05) is 59.8 Å². The predicted octanol–water partition coefficient (Wildman–Crippen LogP) is 2.90. The molecular weight excluding hydrogens is 310 g/mol. The molecule has 1 aliphatic heterocycles. The smallest absolute Gasteiger partial charge is 0.101 e. The summed E-state index contributed by atoms with van der Waals surface area (Å²) >= 11 is 0. The summed E-state index contributed by atoms with van der Waals surface area (Å²) in [4.78, 5) is 4.67. The molecule has 2 aromatic carbocycles. The number of piperazine rings is 1. The summed E-state index contributed by atoms with van der Waals surface area (Å²) in [5.41, 5.74) is 4.42. The second-order valence-corrected chi connectivity index (χ2v) is 6.81. The summed E-state index contributed by atoms with van der Waals surface area (Å²) in [7, 11) is 2.15. The molecule has 25 heavy (non-hydrogen) atoms. The molecule has 0 radical (unpaired) electrons. The first-order chi connectivity index (χ1) is 12.2. The molecule has 4 nitrogen and oxygen atoms in total. The maximum absolute atomic E-state index is 9.43. The van der Waals surface area contributed by atoms with Crippen molar-refractivity contribution in [2.24, 2.45) is 5.16 Å². The molecule has 4 heteroatoms. The van der Waals surface area contributed by atoms with Gasteiger partial charge in [0.2, 0.25) is 0 Å². The van der Waals surface area contributed by atoms with Gasteiger partial charge in [-0.3, -0.25) is 4.90 Å². The average molecular weight is 337 g/mol. The number of rotatable bonds is 6. The maximum atomic E-state index is 9.43. The molecule has 3 rings (SSSR count). The number of benzene rings is 2. The van der Waals surface area contributed by atoms with E-state index in [0.717, 1.165) is 50.3 Å². The Balaban J connectivity index is 1.56. The highest BCUT2D eigenvalue weighted by Crippen LogP contribution is 2.11. The van der Waals surface area contributed by atoms with Gasteiger partial charge in [0.1, 0.15) is 5.71 Å². The van der Waals surface area contributed by atoms with Gasteiger partial charge in [-0.15, -0.1) is 0 Å². The molecule has 1 N–H and O–H groups in total. The van der Waals surface area contributed by atoms with Crippen molar-refractivity contribution in [3.63, 3.8) is 0 Å². The molecule has 0 aromatic heterocycles. The number of aryl methyl sites for hydroxylation is 2. The van der Waals surface area contributed by atoms with E-state index in [1.54, 1.807) is 0 Å². The largest absolute Gasteiger partial charge is 0.411 e. The van der Waals surface area contributed by atoms with Crippen molar-refractivity contribution in [2.45, 2.75) is 12.8 Å². The summed E-state index contributed by atoms with van der Waals surface area (Å²) < 4.78 is 0. The minimum absolute atomic E-state index is 0.702. The molecule has 0 aliphatic carbocycles. The highest BCUT2D eigenvalue weighted by atomic mass is 16.4. The van der Waals surface area contributed by atoms with Gasteiger partial charge in [-0.2, -0.15) is 0 Å². The monoisotopic (exact) mass is 337 g/mol. The summed E-state index contributed by atoms with van der Waals surface area (Å²) in [6.07, 6.45) is 2.07. The van der Waals surface area contributed by atoms with Gasteiger partial charge in [0.25, 0.3) is 0 Å². The quantitative estimate of drug-likeness (QED) is 0.500. The minimum Gasteiger partial charge on any atom is -0.411 e. The van der Waals surface area contributed by atoms with E-state index in [-0.39, 0.29) is 0 Å². The SMILES string of the molecule is CN1CCN(C/C(=N/O)c2ccc(CCc3ccccc3)cc2)CC1. The molecule has 0 saturated carbocycles. The van der Waals surface area contributed by atoms with Crippen molar-refractivity contribution in [1.29, 1.82) is 0 Å². The van der Waals surface area contributed by atoms with Crippen molar-refractivity contribution < 1.29 is 5.21 Å². The molecule has 1 saturated heterocycles. The normalized spacial score (nSPS) is 16.9. The molecule has 0 unspecified atom stereocenters. The van der Waals surface area contributed by atoms with E-state index in [0.29, 0.717) is 6.54 Å². The molecule has 0 spiro atoms. The number of oxime groups is 1. The lowest BCUT2D eigenvalue weighted by molar-refractivity contribution is 0.169. The van der Waals surface area contributed by atoms with Crippen molar-refractivity contribution in [3.05, 3.63) is 71.3 Å². The Morgan fingerprint density at radius 1 is 0.880 bits per heavy atom. The third-order valence-corrected chi connectivity index (χ3v) is 4.92. The number of hydrogen-bond donors (Lipinski definition) is 1. The molecular formula is C21H27N3O. The summed E-state index contributed by atoms with van der Waals surface area (Å²) in [5, 5.41) is 13.0. The highest BCUT2D eigenvalue weighted by molar-refractivity contribution is 6.01. The zero-order valence-electron chi connectivity index (χ0n) is 14.9. The van der Waals surface area contributed by atoms with Crippen LogP contribution in [0.25, 0.3) is 0 Å². The van der Waals surface area contributed by atoms with Gasteiger partial charge >= 0.3 is 0 Å². The van der Waals surface area contributed by atoms with Gasteiger partial charge in [0, 0.05) is 38.3 Å². The van der Waals surface area contributed by atoms with E-state index < -0.39 is 0 Å². The van der Waals surface area contributed by atoms with Crippen molar-refractivity contribution in [3.8, 4) is 0 Å². The minimum atomic E-state index is 0.702. The van der Waals surface area contributed by atoms with Crippen LogP contribution >= 0.6 is 0 Å². The van der Waals surface area contributed by atoms with Crippen molar-refractivity contribution >= 4 is 5.71 Å². The van der Waals surface area contributed by atoms with E-state index in [2.05, 4.69) is 76.6 Å². The predicted molar refractivity (Wildman–Crippen MR) is 103 cm³/mol. The Morgan fingerprint density at radius 2 is 1.48 bits per heavy atom. The van der Waals surface area contributed by atoms with Crippen LogP contribution in [-0.2, 0) is 12.8 Å². The molecule has 132 valence electrons. The molecule has 0 amide bonds. The van der Waals surface area contributed by atoms with Crippen LogP contribution in [0.4, 0.5) is 0 Å². The number of hydrogen-bond acceptors (Lipinski definition) is 4. The van der Waals surface area contributed by atoms with Crippen LogP contribution in [0.15, 0.2) is 59.8 Å². The Kier molecular flexibility index (Phi) is 6.20. The summed E-state index contributed by atoms with van der Waals surface area (Å²) in [6.45, 7) is 4.87. The topological polar surface area (TPSA) is 39.1 Å². The van der Waals surface area contributed by atoms with Crippen molar-refractivity contribution in [1.82, 2.24) is 9.80 Å². The first kappa shape index (κ1) is 17.6. The van der Waals surface area contributed by atoms with E-state index in [9.17, 15) is 5.21 Å². The zero-order valence-corrected chi connectivity index (χ0v) is 14.9. The third-order valence-electron chi connectivity index (χ3n) is 4.92. The lowest BCUT2D eigenvalue weighted by atomic mass is 10.0. The van der Waals surface area contributed by atoms with Gasteiger partial charge < -0.3 is 10.1 Å². The van der Waals surface area contributed by atoms with Crippen LogP contribution in [0.5, 0.6) is 0 Å². The van der Waals surface area contributed by atoms with Crippen LogP contribution in [0.1, 0.15) is 16.7 Å². The van der Waals surface area contributed by atoms with Gasteiger partial charge in [0.15, 0.2) is 0 Å². The molecule has 2 aromatic rings. The number of nitrogens with zero attached hydrogens (tertiary/aromatic N) is 3. The Labute approximate surface area is 150 Å². The van der Waals surface area contributed by atoms with Crippen molar-refractivity contribution in [2.75, 3.05) is 39.8 Å². The van der Waals surface area contributed by atoms with Gasteiger partial charge in [0.05, 0.1) is 0 Å². The van der Waals surface area contributed by atoms with Crippen LogP contribution in [-0.4, -0.2) is 60.5 Å². The van der Waals surface area contributed by atoms with Gasteiger partial charge in [-0.05, 0) is 31.0 Å². The fraction of sp³-hybridized carbons (Fsp3) is 0.381. The first-order valence-electron chi connectivity index (χ1n) is 8.99. The van der Waals surface area contributed by atoms with Crippen LogP contribution in [0.2, 0.25) is 0 Å². The Bertz CT molecular complexity index is 674. The van der Waals surface area contributed by atoms with Crippen LogP contribution < -0.4 is 0 Å². The van der Waals surface area contributed by atoms with Gasteiger partial charge in [-0.25, -0.2) is 0 Å². The fourth-order valence-electron chi connectivity index (χ4n) is 3.20. The second-order valence-electron chi connectivity index (χ2n) is 6.81. The Morgan fingerprint density at radius 3 is 2.08 bits per heavy atom. The molecule has 1 fully saturated rings. The van der Waals surface area contributed by atoms with E-state index in [1.807, 2.05) is 0 Å². The fourth-order valence-corrected chi connectivity index (χ4v) is 3.20. The lowest BCUT2D eigenvalue weighted by Gasteiger charge is -2.32. The van der Waals surface area contributed by atoms with E-state index in [1.165, 1.54) is 11.1 Å². The standard InChI is InChI=1S/C21H27N3O/c1-23-13-15-24(16-14-23)17-21(22-25)20-11-9-19(10-12-20)8-7-18-5-3-2-4-6-18/h2-6,9-12,25H,7-8,13-17H2,1H3/b22-21-. The first-order valence-corrected chi connectivity index (χ1v) is 8.99. The molecule has 1 heterocycles. The van der Waals surface area contributed by atoms with Crippen LogP contribution in [0.3, 0.4) is 0 Å². The average Bonchev–Trinajstić information content (AvgIpc) is 2.67. The summed E-state index contributed by atoms with van der Waals surface area (Å²) in [5.74, 6) is 0. The zero-order chi connectivity index (χ0) is 17.5. The molecule has 1 aliphatic rings. The van der Waals surface area contributed by atoms with E-state index >= 15 is 0 Å². The van der Waals surface area contributed by atoms with Crippen LogP contribution in [0, 0.1) is 0 Å². The Hall–Kier alpha value is -2.17.